The lowest BCUT2D eigenvalue weighted by Gasteiger charge is -2.59. The van der Waals surface area contributed by atoms with Crippen LogP contribution in [0.15, 0.2) is 217 Å². The molecule has 0 saturated heterocycles. The highest BCUT2D eigenvalue weighted by molar-refractivity contribution is 7.25. The summed E-state index contributed by atoms with van der Waals surface area (Å²) in [5, 5.41) is 10.4. The van der Waals surface area contributed by atoms with Gasteiger partial charge in [0.05, 0.1) is 5.54 Å². The predicted octanol–water partition coefficient (Wildman–Crippen LogP) is 17.0. The van der Waals surface area contributed by atoms with Crippen molar-refractivity contribution in [2.75, 3.05) is 4.90 Å². The summed E-state index contributed by atoms with van der Waals surface area (Å²) in [7, 11) is 0. The second-order valence-corrected chi connectivity index (χ2v) is 20.1. The van der Waals surface area contributed by atoms with Crippen molar-refractivity contribution >= 4 is 75.2 Å². The highest BCUT2D eigenvalue weighted by atomic mass is 32.1. The summed E-state index contributed by atoms with van der Waals surface area (Å²) in [5.74, 6) is 0.235. The molecule has 4 unspecified atom stereocenters. The predicted molar refractivity (Wildman–Crippen MR) is 275 cm³/mol. The van der Waals surface area contributed by atoms with Crippen molar-refractivity contribution in [3.8, 4) is 22.3 Å². The molecule has 0 fully saturated rings. The molecule has 4 atom stereocenters. The first-order valence-electron chi connectivity index (χ1n) is 22.7. The summed E-state index contributed by atoms with van der Waals surface area (Å²) in [6, 6.07) is 68.5. The number of benzene rings is 9. The van der Waals surface area contributed by atoms with Crippen molar-refractivity contribution < 1.29 is 0 Å². The molecule has 9 aromatic carbocycles. The fourth-order valence-corrected chi connectivity index (χ4v) is 13.4. The summed E-state index contributed by atoms with van der Waals surface area (Å²) in [6.45, 7) is 9.84. The Labute approximate surface area is 378 Å². The van der Waals surface area contributed by atoms with Gasteiger partial charge in [0, 0.05) is 42.4 Å². The van der Waals surface area contributed by atoms with E-state index in [0.29, 0.717) is 0 Å². The van der Waals surface area contributed by atoms with Crippen LogP contribution in [0.4, 0.5) is 11.4 Å². The Balaban J connectivity index is 1.01. The Kier molecular flexibility index (Phi) is 7.92. The number of fused-ring (bicyclic) bond motifs is 9. The molecule has 1 aliphatic heterocycles. The number of thiophene rings is 1. The topological polar surface area (TPSA) is 3.24 Å². The number of allylic oxidation sites excluding steroid dienone is 4. The normalized spacial score (nSPS) is 22.5. The van der Waals surface area contributed by atoms with E-state index in [1.54, 1.807) is 0 Å². The molecule has 1 aromatic heterocycles. The van der Waals surface area contributed by atoms with Crippen LogP contribution < -0.4 is 4.90 Å². The highest BCUT2D eigenvalue weighted by Crippen LogP contribution is 2.63. The molecule has 2 heterocycles. The molecule has 306 valence electrons. The van der Waals surface area contributed by atoms with Crippen LogP contribution in [0.2, 0.25) is 0 Å². The monoisotopic (exact) mass is 837 g/mol. The van der Waals surface area contributed by atoms with E-state index in [-0.39, 0.29) is 16.7 Å². The Bertz CT molecular complexity index is 3680. The van der Waals surface area contributed by atoms with E-state index in [1.807, 2.05) is 11.3 Å². The van der Waals surface area contributed by atoms with Crippen molar-refractivity contribution in [3.63, 3.8) is 0 Å². The van der Waals surface area contributed by atoms with Gasteiger partial charge in [-0.15, -0.1) is 11.3 Å². The minimum absolute atomic E-state index is 0.235. The zero-order valence-corrected chi connectivity index (χ0v) is 37.4. The van der Waals surface area contributed by atoms with Crippen LogP contribution >= 0.6 is 11.3 Å². The van der Waals surface area contributed by atoms with Crippen molar-refractivity contribution in [1.29, 1.82) is 0 Å². The molecule has 3 aliphatic rings. The lowest BCUT2D eigenvalue weighted by molar-refractivity contribution is 0.441. The van der Waals surface area contributed by atoms with Gasteiger partial charge in [-0.05, 0) is 152 Å². The van der Waals surface area contributed by atoms with Gasteiger partial charge in [-0.1, -0.05) is 165 Å². The van der Waals surface area contributed by atoms with Crippen LogP contribution in [0.5, 0.6) is 0 Å². The molecule has 2 aliphatic carbocycles. The van der Waals surface area contributed by atoms with Gasteiger partial charge in [0.25, 0.3) is 0 Å². The van der Waals surface area contributed by atoms with E-state index in [1.165, 1.54) is 108 Å². The maximum atomic E-state index is 2.67. The van der Waals surface area contributed by atoms with Gasteiger partial charge in [-0.3, -0.25) is 0 Å². The molecule has 0 spiro atoms. The van der Waals surface area contributed by atoms with Gasteiger partial charge in [0.15, 0.2) is 0 Å². The largest absolute Gasteiger partial charge is 0.328 e. The summed E-state index contributed by atoms with van der Waals surface area (Å²) in [4.78, 5) is 2.67. The lowest BCUT2D eigenvalue weighted by Crippen LogP contribution is -2.58. The third-order valence-electron chi connectivity index (χ3n) is 15.3. The molecule has 0 amide bonds. The fraction of sp³-hybridized carbons (Fsp3) is 0.129. The molecule has 64 heavy (non-hydrogen) atoms. The van der Waals surface area contributed by atoms with E-state index in [9.17, 15) is 0 Å². The third kappa shape index (κ3) is 5.24. The van der Waals surface area contributed by atoms with E-state index in [0.717, 1.165) is 0 Å². The average molecular weight is 838 g/mol. The maximum Gasteiger partial charge on any atom is 0.0833 e. The molecule has 0 N–H and O–H groups in total. The second kappa shape index (κ2) is 13.5. The van der Waals surface area contributed by atoms with Gasteiger partial charge in [-0.2, -0.15) is 0 Å². The molecule has 1 nitrogen and oxygen atoms in total. The van der Waals surface area contributed by atoms with Gasteiger partial charge in [0.1, 0.15) is 0 Å². The highest BCUT2D eigenvalue weighted by Gasteiger charge is 2.56. The van der Waals surface area contributed by atoms with Crippen molar-refractivity contribution in [3.05, 3.63) is 229 Å². The summed E-state index contributed by atoms with van der Waals surface area (Å²) in [6.07, 6.45) is 10.1. The average Bonchev–Trinajstić information content (AvgIpc) is 3.70. The van der Waals surface area contributed by atoms with E-state index >= 15 is 0 Å². The van der Waals surface area contributed by atoms with Crippen LogP contribution in [-0.2, 0) is 10.8 Å². The van der Waals surface area contributed by atoms with E-state index in [2.05, 4.69) is 239 Å². The van der Waals surface area contributed by atoms with Gasteiger partial charge >= 0.3 is 0 Å². The van der Waals surface area contributed by atoms with Crippen molar-refractivity contribution in [2.24, 2.45) is 5.92 Å². The zero-order chi connectivity index (χ0) is 43.0. The fourth-order valence-electron chi connectivity index (χ4n) is 12.2. The number of hydrogen-bond donors (Lipinski definition) is 0. The first kappa shape index (κ1) is 37.5. The first-order chi connectivity index (χ1) is 31.2. The second-order valence-electron chi connectivity index (χ2n) is 19.0. The first-order valence-corrected chi connectivity index (χ1v) is 23.5. The Hall–Kier alpha value is -7.00. The van der Waals surface area contributed by atoms with Crippen LogP contribution in [0.1, 0.15) is 38.8 Å². The molecule has 13 rings (SSSR count). The van der Waals surface area contributed by atoms with Gasteiger partial charge in [0.2, 0.25) is 0 Å². The molecule has 2 heteroatoms. The third-order valence-corrected chi connectivity index (χ3v) is 16.4. The molecule has 0 bridgehead atoms. The standard InChI is InChI=1S/C62H47NS/c1-39-30-31-61(3)54-37-42(40-14-6-5-7-15-40)25-29-55(54)63(47-28-24-43-38-57-53(36-45(43)34-47)51-20-12-13-21-56(51)64-57)62(4)33-32-60(2,58(39)59(61)62)46-26-22-41(23-27-46)52-35-44-16-8-9-17-48(44)49-18-10-11-19-50(49)52/h5-39H,1-4H3. The molecular weight excluding hydrogens is 791 g/mol. The Morgan fingerprint density at radius 2 is 1.19 bits per heavy atom. The minimum atomic E-state index is -0.444. The van der Waals surface area contributed by atoms with Gasteiger partial charge < -0.3 is 4.90 Å². The lowest BCUT2D eigenvalue weighted by atomic mass is 9.52. The summed E-state index contributed by atoms with van der Waals surface area (Å²) >= 11 is 1.89. The maximum absolute atomic E-state index is 2.67. The number of hydrogen-bond acceptors (Lipinski definition) is 2. The quantitative estimate of drug-likeness (QED) is 0.126. The van der Waals surface area contributed by atoms with Crippen LogP contribution in [0.25, 0.3) is 74.7 Å². The minimum Gasteiger partial charge on any atom is -0.328 e. The molecular formula is C62H47NS. The molecule has 0 saturated carbocycles. The van der Waals surface area contributed by atoms with Crippen LogP contribution in [0.3, 0.4) is 0 Å². The molecule has 0 radical (unpaired) electrons. The Morgan fingerprint density at radius 3 is 2.02 bits per heavy atom. The zero-order valence-electron chi connectivity index (χ0n) is 36.6. The van der Waals surface area contributed by atoms with Crippen molar-refractivity contribution in [1.82, 2.24) is 0 Å². The molecule has 10 aromatic rings. The number of rotatable bonds is 4. The van der Waals surface area contributed by atoms with Crippen LogP contribution in [-0.4, -0.2) is 5.54 Å². The summed E-state index contributed by atoms with van der Waals surface area (Å²) < 4.78 is 2.68. The number of anilines is 2. The van der Waals surface area contributed by atoms with Crippen LogP contribution in [0, 0.1) is 5.92 Å². The SMILES string of the molecule is CC1C=CC2(C)C3=C1C(C)(c1ccc(-c4cc5ccccc5c5ccccc45)cc1)C=CC3(C)N(c1ccc3cc4sc5ccccc5c4cc3c1)c1ccc(-c3ccccc3)cc12. The van der Waals surface area contributed by atoms with Crippen molar-refractivity contribution in [2.45, 2.75) is 44.1 Å². The van der Waals surface area contributed by atoms with E-state index in [4.69, 9.17) is 0 Å². The Morgan fingerprint density at radius 1 is 0.469 bits per heavy atom. The number of nitrogens with zero attached hydrogens (tertiary/aromatic N) is 1. The van der Waals surface area contributed by atoms with Gasteiger partial charge in [-0.25, -0.2) is 0 Å². The van der Waals surface area contributed by atoms with E-state index < -0.39 is 5.54 Å². The summed E-state index contributed by atoms with van der Waals surface area (Å²) in [5.41, 5.74) is 12.0. The smallest absolute Gasteiger partial charge is 0.0833 e.